The van der Waals surface area contributed by atoms with Gasteiger partial charge >= 0.3 is 6.03 Å². The van der Waals surface area contributed by atoms with Crippen LogP contribution in [0, 0.1) is 13.8 Å². The molecule has 1 aromatic carbocycles. The van der Waals surface area contributed by atoms with Crippen molar-refractivity contribution in [1.82, 2.24) is 10.3 Å². The summed E-state index contributed by atoms with van der Waals surface area (Å²) in [5, 5.41) is 6.18. The standard InChI is InChI=1S/C21H25N3O/c1-13-9-15(10-14(2)23-13)12-22-21(25)24-20-18-7-3-5-16(18)11-17-6-4-8-19(17)20/h9-11H,3-8,12H2,1-2H3,(H2,22,24,25). The van der Waals surface area contributed by atoms with Crippen LogP contribution in [0.1, 0.15) is 52.0 Å². The molecule has 2 aliphatic rings. The Kier molecular flexibility index (Phi) is 4.20. The Morgan fingerprint density at radius 3 is 2.16 bits per heavy atom. The molecule has 2 aromatic rings. The second kappa shape index (κ2) is 6.51. The van der Waals surface area contributed by atoms with Crippen molar-refractivity contribution in [3.05, 3.63) is 57.4 Å². The van der Waals surface area contributed by atoms with Gasteiger partial charge in [-0.15, -0.1) is 0 Å². The molecule has 0 radical (unpaired) electrons. The number of carbonyl (C=O) groups is 1. The van der Waals surface area contributed by atoms with Gasteiger partial charge in [0, 0.05) is 23.6 Å². The maximum atomic E-state index is 12.5. The first-order chi connectivity index (χ1) is 12.1. The second-order valence-corrected chi connectivity index (χ2v) is 7.30. The molecule has 4 heteroatoms. The highest BCUT2D eigenvalue weighted by atomic mass is 16.2. The number of carbonyl (C=O) groups excluding carboxylic acids is 1. The minimum absolute atomic E-state index is 0.110. The number of pyridine rings is 1. The molecule has 4 nitrogen and oxygen atoms in total. The van der Waals surface area contributed by atoms with Crippen molar-refractivity contribution in [3.8, 4) is 0 Å². The molecule has 130 valence electrons. The summed E-state index contributed by atoms with van der Waals surface area (Å²) in [4.78, 5) is 16.9. The second-order valence-electron chi connectivity index (χ2n) is 7.30. The molecule has 25 heavy (non-hydrogen) atoms. The molecule has 0 saturated carbocycles. The molecule has 4 rings (SSSR count). The summed E-state index contributed by atoms with van der Waals surface area (Å²) in [5.41, 5.74) is 9.77. The normalized spacial score (nSPS) is 15.0. The fraction of sp³-hybridized carbons (Fsp3) is 0.429. The number of rotatable bonds is 3. The number of aryl methyl sites for hydroxylation is 4. The van der Waals surface area contributed by atoms with Gasteiger partial charge in [0.15, 0.2) is 0 Å². The predicted molar refractivity (Wildman–Crippen MR) is 100 cm³/mol. The van der Waals surface area contributed by atoms with Crippen LogP contribution in [0.25, 0.3) is 0 Å². The highest BCUT2D eigenvalue weighted by Crippen LogP contribution is 2.38. The van der Waals surface area contributed by atoms with E-state index < -0.39 is 0 Å². The van der Waals surface area contributed by atoms with Gasteiger partial charge in [0.2, 0.25) is 0 Å². The van der Waals surface area contributed by atoms with Crippen LogP contribution in [0.15, 0.2) is 18.2 Å². The molecule has 1 heterocycles. The summed E-state index contributed by atoms with van der Waals surface area (Å²) in [6.07, 6.45) is 6.86. The molecule has 0 bridgehead atoms. The maximum absolute atomic E-state index is 12.5. The molecule has 0 atom stereocenters. The number of benzene rings is 1. The van der Waals surface area contributed by atoms with Gasteiger partial charge < -0.3 is 10.6 Å². The van der Waals surface area contributed by atoms with Crippen LogP contribution in [0.5, 0.6) is 0 Å². The van der Waals surface area contributed by atoms with E-state index in [1.54, 1.807) is 0 Å². The number of urea groups is 1. The van der Waals surface area contributed by atoms with E-state index in [2.05, 4.69) is 21.7 Å². The number of hydrogen-bond acceptors (Lipinski definition) is 2. The van der Waals surface area contributed by atoms with Crippen molar-refractivity contribution in [2.45, 2.75) is 58.9 Å². The summed E-state index contributed by atoms with van der Waals surface area (Å²) in [7, 11) is 0. The van der Waals surface area contributed by atoms with E-state index in [4.69, 9.17) is 0 Å². The van der Waals surface area contributed by atoms with Gasteiger partial charge in [-0.3, -0.25) is 4.98 Å². The van der Waals surface area contributed by atoms with Crippen LogP contribution in [0.3, 0.4) is 0 Å². The lowest BCUT2D eigenvalue weighted by atomic mass is 9.99. The molecule has 0 aliphatic heterocycles. The molecule has 2 aliphatic carbocycles. The molecule has 1 aromatic heterocycles. The Morgan fingerprint density at radius 2 is 1.56 bits per heavy atom. The van der Waals surface area contributed by atoms with Gasteiger partial charge in [-0.05, 0) is 92.3 Å². The first kappa shape index (κ1) is 16.1. The first-order valence-electron chi connectivity index (χ1n) is 9.25. The van der Waals surface area contributed by atoms with Crippen LogP contribution in [-0.2, 0) is 32.2 Å². The average molecular weight is 335 g/mol. The van der Waals surface area contributed by atoms with Crippen molar-refractivity contribution >= 4 is 11.7 Å². The van der Waals surface area contributed by atoms with E-state index in [9.17, 15) is 4.79 Å². The van der Waals surface area contributed by atoms with Crippen LogP contribution >= 0.6 is 0 Å². The molecular formula is C21H25N3O. The zero-order valence-corrected chi connectivity index (χ0v) is 15.0. The van der Waals surface area contributed by atoms with E-state index in [-0.39, 0.29) is 6.03 Å². The van der Waals surface area contributed by atoms with E-state index in [1.807, 2.05) is 26.0 Å². The molecule has 0 fully saturated rings. The Morgan fingerprint density at radius 1 is 0.960 bits per heavy atom. The van der Waals surface area contributed by atoms with E-state index >= 15 is 0 Å². The summed E-state index contributed by atoms with van der Waals surface area (Å²) in [6.45, 7) is 4.48. The lowest BCUT2D eigenvalue weighted by Crippen LogP contribution is -2.29. The van der Waals surface area contributed by atoms with Gasteiger partial charge in [-0.25, -0.2) is 4.79 Å². The van der Waals surface area contributed by atoms with Crippen LogP contribution < -0.4 is 10.6 Å². The van der Waals surface area contributed by atoms with Crippen molar-refractivity contribution in [1.29, 1.82) is 0 Å². The quantitative estimate of drug-likeness (QED) is 0.891. The number of nitrogens with zero attached hydrogens (tertiary/aromatic N) is 1. The van der Waals surface area contributed by atoms with E-state index in [0.29, 0.717) is 6.54 Å². The summed E-state index contributed by atoms with van der Waals surface area (Å²) >= 11 is 0. The van der Waals surface area contributed by atoms with Gasteiger partial charge in [0.25, 0.3) is 0 Å². The molecule has 0 unspecified atom stereocenters. The number of anilines is 1. The zero-order chi connectivity index (χ0) is 17.4. The average Bonchev–Trinajstić information content (AvgIpc) is 3.20. The molecule has 2 N–H and O–H groups in total. The van der Waals surface area contributed by atoms with Crippen molar-refractivity contribution in [2.75, 3.05) is 5.32 Å². The zero-order valence-electron chi connectivity index (χ0n) is 15.0. The van der Waals surface area contributed by atoms with Crippen LogP contribution in [0.2, 0.25) is 0 Å². The Bertz CT molecular complexity index is 789. The lowest BCUT2D eigenvalue weighted by molar-refractivity contribution is 0.251. The third-order valence-corrected chi connectivity index (χ3v) is 5.31. The topological polar surface area (TPSA) is 54.0 Å². The monoisotopic (exact) mass is 335 g/mol. The van der Waals surface area contributed by atoms with Gasteiger partial charge in [0.1, 0.15) is 0 Å². The molecule has 0 spiro atoms. The third kappa shape index (κ3) is 3.26. The number of amides is 2. The number of aromatic nitrogens is 1. The summed E-state index contributed by atoms with van der Waals surface area (Å²) < 4.78 is 0. The minimum Gasteiger partial charge on any atom is -0.334 e. The summed E-state index contributed by atoms with van der Waals surface area (Å²) in [6, 6.07) is 6.31. The number of fused-ring (bicyclic) bond motifs is 2. The Balaban J connectivity index is 1.50. The lowest BCUT2D eigenvalue weighted by Gasteiger charge is -2.16. The maximum Gasteiger partial charge on any atom is 0.319 e. The number of nitrogens with one attached hydrogen (secondary N) is 2. The van der Waals surface area contributed by atoms with E-state index in [1.165, 1.54) is 35.1 Å². The highest BCUT2D eigenvalue weighted by molar-refractivity contribution is 5.92. The molecule has 0 saturated heterocycles. The van der Waals surface area contributed by atoms with E-state index in [0.717, 1.165) is 48.3 Å². The van der Waals surface area contributed by atoms with Crippen molar-refractivity contribution in [2.24, 2.45) is 0 Å². The van der Waals surface area contributed by atoms with Crippen molar-refractivity contribution < 1.29 is 4.79 Å². The van der Waals surface area contributed by atoms with Crippen LogP contribution in [0.4, 0.5) is 10.5 Å². The Hall–Kier alpha value is -2.36. The van der Waals surface area contributed by atoms with Gasteiger partial charge in [-0.1, -0.05) is 6.07 Å². The fourth-order valence-corrected chi connectivity index (χ4v) is 4.33. The fourth-order valence-electron chi connectivity index (χ4n) is 4.33. The van der Waals surface area contributed by atoms with Crippen molar-refractivity contribution in [3.63, 3.8) is 0 Å². The SMILES string of the molecule is Cc1cc(CNC(=O)Nc2c3c(cc4c2CCC4)CCC3)cc(C)n1. The Labute approximate surface area is 149 Å². The molecule has 2 amide bonds. The highest BCUT2D eigenvalue weighted by Gasteiger charge is 2.24. The summed E-state index contributed by atoms with van der Waals surface area (Å²) in [5.74, 6) is 0. The predicted octanol–water partition coefficient (Wildman–Crippen LogP) is 4.00. The first-order valence-corrected chi connectivity index (χ1v) is 9.25. The smallest absolute Gasteiger partial charge is 0.319 e. The van der Waals surface area contributed by atoms with Crippen LogP contribution in [-0.4, -0.2) is 11.0 Å². The molecular weight excluding hydrogens is 310 g/mol. The number of hydrogen-bond donors (Lipinski definition) is 2. The van der Waals surface area contributed by atoms with Gasteiger partial charge in [-0.2, -0.15) is 0 Å². The van der Waals surface area contributed by atoms with Gasteiger partial charge in [0.05, 0.1) is 0 Å². The minimum atomic E-state index is -0.110. The largest absolute Gasteiger partial charge is 0.334 e. The third-order valence-electron chi connectivity index (χ3n) is 5.31.